The van der Waals surface area contributed by atoms with Crippen LogP contribution in [0.4, 0.5) is 0 Å². The van der Waals surface area contributed by atoms with Crippen LogP contribution in [0.5, 0.6) is 0 Å². The Hall–Kier alpha value is -1.52. The van der Waals surface area contributed by atoms with Crippen molar-refractivity contribution in [3.05, 3.63) is 11.1 Å². The van der Waals surface area contributed by atoms with Crippen LogP contribution in [0.2, 0.25) is 0 Å². The summed E-state index contributed by atoms with van der Waals surface area (Å²) in [6.45, 7) is 3.55. The Morgan fingerprint density at radius 1 is 1.48 bits per heavy atom. The Morgan fingerprint density at radius 2 is 2.10 bits per heavy atom. The Kier molecular flexibility index (Phi) is 5.81. The summed E-state index contributed by atoms with van der Waals surface area (Å²) in [6, 6.07) is -1.28. The number of hydrogen-bond donors (Lipinski definition) is 2. The summed E-state index contributed by atoms with van der Waals surface area (Å²) in [5.74, 6) is -2.20. The largest absolute Gasteiger partial charge is 0.480 e. The maximum atomic E-state index is 12.2. The molecule has 10 heteroatoms. The third-order valence-electron chi connectivity index (χ3n) is 2.51. The molecule has 1 unspecified atom stereocenters. The minimum atomic E-state index is -4.18. The first kappa shape index (κ1) is 17.5. The molecule has 1 atom stereocenters. The van der Waals surface area contributed by atoms with Crippen molar-refractivity contribution >= 4 is 33.5 Å². The molecule has 1 rings (SSSR count). The van der Waals surface area contributed by atoms with E-state index >= 15 is 0 Å². The van der Waals surface area contributed by atoms with Crippen molar-refractivity contribution in [1.29, 1.82) is 0 Å². The normalized spacial score (nSPS) is 13.1. The van der Waals surface area contributed by atoms with Crippen LogP contribution in [0, 0.1) is 5.92 Å². The van der Waals surface area contributed by atoms with Gasteiger partial charge in [-0.1, -0.05) is 13.8 Å². The summed E-state index contributed by atoms with van der Waals surface area (Å²) in [4.78, 5) is 22.2. The van der Waals surface area contributed by atoms with Crippen molar-refractivity contribution in [3.8, 4) is 0 Å². The molecule has 0 amide bonds. The summed E-state index contributed by atoms with van der Waals surface area (Å²) in [6.07, 6.45) is 0.125. The van der Waals surface area contributed by atoms with Gasteiger partial charge in [-0.05, 0) is 23.9 Å². The molecule has 1 aromatic heterocycles. The second kappa shape index (κ2) is 6.96. The summed E-state index contributed by atoms with van der Waals surface area (Å²) in [5, 5.41) is 10.2. The minimum absolute atomic E-state index is 0.0190. The monoisotopic (exact) mass is 336 g/mol. The van der Waals surface area contributed by atoms with Gasteiger partial charge in [0.15, 0.2) is 5.69 Å². The number of methoxy groups -OCH3 is 1. The van der Waals surface area contributed by atoms with Crippen molar-refractivity contribution in [2.24, 2.45) is 5.92 Å². The van der Waals surface area contributed by atoms with Crippen molar-refractivity contribution in [3.63, 3.8) is 0 Å². The third kappa shape index (κ3) is 4.48. The number of aromatic nitrogens is 1. The molecule has 0 spiro atoms. The van der Waals surface area contributed by atoms with Crippen LogP contribution >= 0.6 is 11.5 Å². The van der Waals surface area contributed by atoms with E-state index in [4.69, 9.17) is 5.11 Å². The summed E-state index contributed by atoms with van der Waals surface area (Å²) < 4.78 is 34.6. The molecule has 0 aliphatic heterocycles. The molecular formula is C11H16N2O6S2. The predicted octanol–water partition coefficient (Wildman–Crippen LogP) is 0.707. The van der Waals surface area contributed by atoms with Crippen LogP contribution in [-0.2, 0) is 19.6 Å². The molecule has 0 aromatic carbocycles. The molecule has 0 bridgehead atoms. The van der Waals surface area contributed by atoms with Gasteiger partial charge in [0.1, 0.15) is 10.9 Å². The first-order valence-corrected chi connectivity index (χ1v) is 8.28. The number of esters is 1. The number of carbonyl (C=O) groups excluding carboxylic acids is 1. The molecule has 0 radical (unpaired) electrons. The lowest BCUT2D eigenvalue weighted by molar-refractivity contribution is -0.139. The maximum absolute atomic E-state index is 12.2. The number of carboxylic acid groups (broad SMARTS) is 1. The highest BCUT2D eigenvalue weighted by Gasteiger charge is 2.31. The van der Waals surface area contributed by atoms with Gasteiger partial charge in [-0.15, -0.1) is 0 Å². The molecule has 0 aliphatic carbocycles. The number of nitrogens with zero attached hydrogens (tertiary/aromatic N) is 1. The van der Waals surface area contributed by atoms with Crippen molar-refractivity contribution in [1.82, 2.24) is 9.10 Å². The van der Waals surface area contributed by atoms with Gasteiger partial charge < -0.3 is 9.84 Å². The summed E-state index contributed by atoms with van der Waals surface area (Å²) in [5.41, 5.74) is -0.358. The molecule has 118 valence electrons. The second-order valence-electron chi connectivity index (χ2n) is 4.66. The first-order valence-electron chi connectivity index (χ1n) is 5.96. The summed E-state index contributed by atoms with van der Waals surface area (Å²) >= 11 is 0.769. The van der Waals surface area contributed by atoms with Crippen LogP contribution in [0.3, 0.4) is 0 Å². The van der Waals surface area contributed by atoms with Gasteiger partial charge >= 0.3 is 11.9 Å². The molecule has 1 heterocycles. The maximum Gasteiger partial charge on any atom is 0.359 e. The van der Waals surface area contributed by atoms with Gasteiger partial charge in [-0.3, -0.25) is 4.79 Å². The lowest BCUT2D eigenvalue weighted by Gasteiger charge is -2.16. The molecule has 21 heavy (non-hydrogen) atoms. The van der Waals surface area contributed by atoms with Crippen LogP contribution in [0.1, 0.15) is 30.8 Å². The van der Waals surface area contributed by atoms with E-state index in [1.807, 2.05) is 0 Å². The molecule has 0 aliphatic rings. The van der Waals surface area contributed by atoms with Gasteiger partial charge in [-0.2, -0.15) is 9.10 Å². The summed E-state index contributed by atoms with van der Waals surface area (Å²) in [7, 11) is -3.07. The van der Waals surface area contributed by atoms with Gasteiger partial charge in [0, 0.05) is 5.38 Å². The van der Waals surface area contributed by atoms with Crippen molar-refractivity contribution in [2.45, 2.75) is 31.2 Å². The van der Waals surface area contributed by atoms with Crippen LogP contribution in [0.15, 0.2) is 10.3 Å². The van der Waals surface area contributed by atoms with Gasteiger partial charge in [0.05, 0.1) is 7.11 Å². The van der Waals surface area contributed by atoms with Crippen LogP contribution in [-0.4, -0.2) is 43.0 Å². The highest BCUT2D eigenvalue weighted by atomic mass is 32.2. The molecule has 0 saturated heterocycles. The number of sulfonamides is 1. The van der Waals surface area contributed by atoms with Crippen LogP contribution in [0.25, 0.3) is 0 Å². The van der Waals surface area contributed by atoms with E-state index in [0.29, 0.717) is 0 Å². The first-order chi connectivity index (χ1) is 9.69. The average molecular weight is 336 g/mol. The van der Waals surface area contributed by atoms with E-state index in [9.17, 15) is 18.0 Å². The Morgan fingerprint density at radius 3 is 2.57 bits per heavy atom. The van der Waals surface area contributed by atoms with Gasteiger partial charge in [-0.25, -0.2) is 13.2 Å². The topological polar surface area (TPSA) is 123 Å². The number of rotatable bonds is 7. The highest BCUT2D eigenvalue weighted by molar-refractivity contribution is 7.89. The Balaban J connectivity index is 3.08. The number of carboxylic acids is 1. The molecule has 0 saturated carbocycles. The minimum Gasteiger partial charge on any atom is -0.480 e. The standard InChI is InChI=1S/C11H16N2O6S2/c1-6(2)4-7(10(14)15)13-21(17,18)8-5-20-12-9(8)11(16)19-3/h5-7,13H,4H2,1-3H3,(H,14,15). The van der Waals surface area contributed by atoms with Crippen LogP contribution < -0.4 is 4.72 Å². The molecule has 0 fully saturated rings. The molecule has 1 aromatic rings. The number of nitrogens with one attached hydrogen (secondary N) is 1. The zero-order chi connectivity index (χ0) is 16.2. The lowest BCUT2D eigenvalue weighted by Crippen LogP contribution is -2.41. The second-order valence-corrected chi connectivity index (χ2v) is 6.97. The van der Waals surface area contributed by atoms with Gasteiger partial charge in [0.2, 0.25) is 10.0 Å². The number of ether oxygens (including phenoxy) is 1. The Labute approximate surface area is 126 Å². The molecule has 8 nitrogen and oxygen atoms in total. The van der Waals surface area contributed by atoms with Crippen molar-refractivity contribution < 1.29 is 27.9 Å². The molecule has 2 N–H and O–H groups in total. The van der Waals surface area contributed by atoms with E-state index in [2.05, 4.69) is 13.8 Å². The average Bonchev–Trinajstić information content (AvgIpc) is 2.86. The predicted molar refractivity (Wildman–Crippen MR) is 74.7 cm³/mol. The SMILES string of the molecule is COC(=O)c1nscc1S(=O)(=O)NC(CC(C)C)C(=O)O. The fourth-order valence-electron chi connectivity index (χ4n) is 1.57. The van der Waals surface area contributed by atoms with Crippen molar-refractivity contribution in [2.75, 3.05) is 7.11 Å². The zero-order valence-corrected chi connectivity index (χ0v) is 13.3. The van der Waals surface area contributed by atoms with E-state index in [0.717, 1.165) is 24.0 Å². The van der Waals surface area contributed by atoms with E-state index in [1.54, 1.807) is 13.8 Å². The smallest absolute Gasteiger partial charge is 0.359 e. The molecular weight excluding hydrogens is 320 g/mol. The Bertz CT molecular complexity index is 622. The van der Waals surface area contributed by atoms with E-state index < -0.39 is 28.0 Å². The third-order valence-corrected chi connectivity index (χ3v) is 4.77. The lowest BCUT2D eigenvalue weighted by atomic mass is 10.1. The van der Waals surface area contributed by atoms with Gasteiger partial charge in [0.25, 0.3) is 0 Å². The van der Waals surface area contributed by atoms with E-state index in [-0.39, 0.29) is 22.9 Å². The number of hydrogen-bond acceptors (Lipinski definition) is 7. The number of carbonyl (C=O) groups is 2. The van der Waals surface area contributed by atoms with E-state index in [1.165, 1.54) is 0 Å². The quantitative estimate of drug-likeness (QED) is 0.703. The fourth-order valence-corrected chi connectivity index (χ4v) is 3.89. The zero-order valence-electron chi connectivity index (χ0n) is 11.7. The fraction of sp³-hybridized carbons (Fsp3) is 0.545. The number of aliphatic carboxylic acids is 1. The highest BCUT2D eigenvalue weighted by Crippen LogP contribution is 2.19.